The molecule has 0 N–H and O–H groups in total. The van der Waals surface area contributed by atoms with Gasteiger partial charge in [0.15, 0.2) is 11.5 Å². The van der Waals surface area contributed by atoms with Gasteiger partial charge in [-0.3, -0.25) is 0 Å². The molecule has 0 fully saturated rings. The quantitative estimate of drug-likeness (QED) is 0.593. The Kier molecular flexibility index (Phi) is 5.05. The lowest BCUT2D eigenvalue weighted by atomic mass is 10.1. The Balaban J connectivity index is 1.80. The maximum absolute atomic E-state index is 11.6. The van der Waals surface area contributed by atoms with E-state index in [2.05, 4.69) is 9.99 Å². The molecule has 6 heteroatoms. The van der Waals surface area contributed by atoms with Gasteiger partial charge in [0.25, 0.3) is 0 Å². The molecule has 0 aromatic heterocycles. The minimum atomic E-state index is -0.462. The molecule has 5 nitrogen and oxygen atoms in total. The van der Waals surface area contributed by atoms with Crippen molar-refractivity contribution in [3.8, 4) is 11.5 Å². The van der Waals surface area contributed by atoms with Crippen LogP contribution in [-0.2, 0) is 16.2 Å². The Hall–Kier alpha value is -2.79. The highest BCUT2D eigenvalue weighted by atomic mass is 35.5. The first kappa shape index (κ1) is 17.0. The van der Waals surface area contributed by atoms with Gasteiger partial charge >= 0.3 is 5.97 Å². The molecule has 0 amide bonds. The van der Waals surface area contributed by atoms with Gasteiger partial charge in [0.05, 0.1) is 18.4 Å². The summed E-state index contributed by atoms with van der Waals surface area (Å²) in [5.74, 6) is 0.682. The first-order chi connectivity index (χ1) is 12.1. The number of oxime groups is 1. The molecule has 25 heavy (non-hydrogen) atoms. The van der Waals surface area contributed by atoms with E-state index in [0.29, 0.717) is 34.4 Å². The van der Waals surface area contributed by atoms with Crippen LogP contribution in [0.3, 0.4) is 0 Å². The molecule has 0 aliphatic carbocycles. The van der Waals surface area contributed by atoms with Crippen LogP contribution in [0.2, 0.25) is 5.02 Å². The highest BCUT2D eigenvalue weighted by Gasteiger charge is 2.21. The lowest BCUT2D eigenvalue weighted by Gasteiger charge is -2.12. The Morgan fingerprint density at radius 1 is 1.20 bits per heavy atom. The van der Waals surface area contributed by atoms with Crippen molar-refractivity contribution in [2.45, 2.75) is 13.5 Å². The zero-order valence-electron chi connectivity index (χ0n) is 13.8. The number of ether oxygens (including phenoxy) is 2. The second-order valence-corrected chi connectivity index (χ2v) is 5.81. The van der Waals surface area contributed by atoms with E-state index in [1.54, 1.807) is 32.2 Å². The van der Waals surface area contributed by atoms with Gasteiger partial charge in [-0.25, -0.2) is 4.79 Å². The third-order valence-corrected chi connectivity index (χ3v) is 4.08. The Bertz CT molecular complexity index is 873. The fourth-order valence-corrected chi connectivity index (χ4v) is 2.54. The van der Waals surface area contributed by atoms with Crippen molar-refractivity contribution in [2.75, 3.05) is 7.11 Å². The smallest absolute Gasteiger partial charge is 0.367 e. The van der Waals surface area contributed by atoms with Crippen LogP contribution in [0.5, 0.6) is 11.5 Å². The number of hydrogen-bond acceptors (Lipinski definition) is 5. The predicted molar refractivity (Wildman–Crippen MR) is 96.0 cm³/mol. The van der Waals surface area contributed by atoms with E-state index in [4.69, 9.17) is 21.1 Å². The highest BCUT2D eigenvalue weighted by molar-refractivity contribution is 6.31. The van der Waals surface area contributed by atoms with E-state index >= 15 is 0 Å². The molecule has 1 aliphatic heterocycles. The number of methoxy groups -OCH3 is 1. The monoisotopic (exact) mass is 357 g/mol. The first-order valence-corrected chi connectivity index (χ1v) is 7.98. The topological polar surface area (TPSA) is 57.1 Å². The number of carbonyl (C=O) groups excluding carboxylic acids is 1. The molecule has 128 valence electrons. The second kappa shape index (κ2) is 7.40. The van der Waals surface area contributed by atoms with Gasteiger partial charge in [-0.15, -0.1) is 0 Å². The van der Waals surface area contributed by atoms with Crippen LogP contribution in [0.4, 0.5) is 0 Å². The fourth-order valence-electron chi connectivity index (χ4n) is 2.35. The normalized spacial score (nSPS) is 15.1. The highest BCUT2D eigenvalue weighted by Crippen LogP contribution is 2.30. The van der Waals surface area contributed by atoms with Gasteiger partial charge in [0.1, 0.15) is 6.61 Å². The third-order valence-electron chi connectivity index (χ3n) is 3.71. The lowest BCUT2D eigenvalue weighted by Crippen LogP contribution is -2.02. The fraction of sp³-hybridized carbons (Fsp3) is 0.158. The van der Waals surface area contributed by atoms with Crippen LogP contribution < -0.4 is 9.47 Å². The summed E-state index contributed by atoms with van der Waals surface area (Å²) in [6.45, 7) is 2.05. The zero-order valence-corrected chi connectivity index (χ0v) is 14.5. The summed E-state index contributed by atoms with van der Waals surface area (Å²) in [5.41, 5.74) is 2.64. The molecular weight excluding hydrogens is 342 g/mol. The van der Waals surface area contributed by atoms with Gasteiger partial charge in [0.2, 0.25) is 0 Å². The Labute approximate surface area is 150 Å². The summed E-state index contributed by atoms with van der Waals surface area (Å²) in [5, 5.41) is 4.31. The van der Waals surface area contributed by atoms with E-state index < -0.39 is 5.97 Å². The van der Waals surface area contributed by atoms with E-state index in [1.807, 2.05) is 30.3 Å². The third kappa shape index (κ3) is 3.83. The van der Waals surface area contributed by atoms with Gasteiger partial charge < -0.3 is 14.3 Å². The molecule has 0 spiro atoms. The summed E-state index contributed by atoms with van der Waals surface area (Å²) < 4.78 is 11.2. The van der Waals surface area contributed by atoms with Crippen LogP contribution >= 0.6 is 11.6 Å². The molecule has 1 aliphatic rings. The summed E-state index contributed by atoms with van der Waals surface area (Å²) >= 11 is 6.14. The molecule has 2 aromatic carbocycles. The van der Waals surface area contributed by atoms with Crippen molar-refractivity contribution in [2.24, 2.45) is 5.16 Å². The van der Waals surface area contributed by atoms with E-state index in [0.717, 1.165) is 11.1 Å². The number of nitrogens with zero attached hydrogens (tertiary/aromatic N) is 1. The van der Waals surface area contributed by atoms with Crippen molar-refractivity contribution in [3.63, 3.8) is 0 Å². The predicted octanol–water partition coefficient (Wildman–Crippen LogP) is 4.24. The first-order valence-electron chi connectivity index (χ1n) is 7.60. The molecule has 1 heterocycles. The van der Waals surface area contributed by atoms with E-state index in [-0.39, 0.29) is 0 Å². The van der Waals surface area contributed by atoms with Crippen molar-refractivity contribution in [1.29, 1.82) is 0 Å². The second-order valence-electron chi connectivity index (χ2n) is 5.40. The molecule has 0 bridgehead atoms. The largest absolute Gasteiger partial charge is 0.493 e. The van der Waals surface area contributed by atoms with Crippen molar-refractivity contribution in [1.82, 2.24) is 0 Å². The number of carbonyl (C=O) groups is 1. The summed E-state index contributed by atoms with van der Waals surface area (Å²) in [6.07, 6.45) is 1.70. The minimum Gasteiger partial charge on any atom is -0.493 e. The molecular formula is C19H16ClNO4. The summed E-state index contributed by atoms with van der Waals surface area (Å²) in [6, 6.07) is 12.9. The molecule has 0 saturated carbocycles. The van der Waals surface area contributed by atoms with Crippen molar-refractivity contribution >= 4 is 29.4 Å². The molecule has 2 aromatic rings. The van der Waals surface area contributed by atoms with Crippen LogP contribution in [0, 0.1) is 0 Å². The molecule has 0 atom stereocenters. The number of benzene rings is 2. The minimum absolute atomic E-state index is 0.328. The number of halogens is 1. The van der Waals surface area contributed by atoms with Crippen molar-refractivity contribution in [3.05, 3.63) is 64.2 Å². The molecule has 0 radical (unpaired) electrons. The van der Waals surface area contributed by atoms with E-state index in [9.17, 15) is 4.79 Å². The molecule has 3 rings (SSSR count). The maximum Gasteiger partial charge on any atom is 0.367 e. The van der Waals surface area contributed by atoms with Gasteiger partial charge in [-0.05, 0) is 36.8 Å². The Morgan fingerprint density at radius 2 is 2.00 bits per heavy atom. The van der Waals surface area contributed by atoms with Crippen LogP contribution in [0.15, 0.2) is 53.2 Å². The van der Waals surface area contributed by atoms with E-state index in [1.165, 1.54) is 0 Å². The SMILES string of the molecule is COc1cc(/C=C2/C(=O)ON=C2C)ccc1OCc1ccccc1Cl. The Morgan fingerprint density at radius 3 is 2.68 bits per heavy atom. The number of rotatable bonds is 5. The molecule has 0 saturated heterocycles. The van der Waals surface area contributed by atoms with Gasteiger partial charge in [-0.1, -0.05) is 41.0 Å². The summed E-state index contributed by atoms with van der Waals surface area (Å²) in [7, 11) is 1.56. The van der Waals surface area contributed by atoms with Crippen LogP contribution in [0.1, 0.15) is 18.1 Å². The number of hydrogen-bond donors (Lipinski definition) is 0. The van der Waals surface area contributed by atoms with Crippen LogP contribution in [0.25, 0.3) is 6.08 Å². The standard InChI is InChI=1S/C19H16ClNO4/c1-12-15(19(22)25-21-12)9-13-7-8-17(18(10-13)23-2)24-11-14-5-3-4-6-16(14)20/h3-10H,11H2,1-2H3/b15-9+. The average molecular weight is 358 g/mol. The average Bonchev–Trinajstić information content (AvgIpc) is 2.93. The van der Waals surface area contributed by atoms with Gasteiger partial charge in [0, 0.05) is 10.6 Å². The van der Waals surface area contributed by atoms with Crippen molar-refractivity contribution < 1.29 is 19.1 Å². The van der Waals surface area contributed by atoms with Crippen LogP contribution in [-0.4, -0.2) is 18.8 Å². The van der Waals surface area contributed by atoms with Gasteiger partial charge in [-0.2, -0.15) is 0 Å². The molecule has 0 unspecified atom stereocenters. The zero-order chi connectivity index (χ0) is 17.8. The lowest BCUT2D eigenvalue weighted by molar-refractivity contribution is -0.136. The summed E-state index contributed by atoms with van der Waals surface area (Å²) in [4.78, 5) is 16.3. The maximum atomic E-state index is 11.6.